The number of carbonyl (C=O) groups is 1. The smallest absolute Gasteiger partial charge is 0.251 e. The van der Waals surface area contributed by atoms with Crippen LogP contribution in [0.3, 0.4) is 0 Å². The lowest BCUT2D eigenvalue weighted by atomic mass is 10.1. The topological polar surface area (TPSA) is 54.0 Å². The van der Waals surface area contributed by atoms with Gasteiger partial charge >= 0.3 is 0 Å². The Kier molecular flexibility index (Phi) is 4.99. The third-order valence-electron chi connectivity index (χ3n) is 3.81. The van der Waals surface area contributed by atoms with Crippen molar-refractivity contribution in [2.45, 2.75) is 40.0 Å². The number of nitrogens with zero attached hydrogens (tertiary/aromatic N) is 1. The highest BCUT2D eigenvalue weighted by Gasteiger charge is 2.32. The summed E-state index contributed by atoms with van der Waals surface area (Å²) in [6.07, 6.45) is 3.17. The van der Waals surface area contributed by atoms with Gasteiger partial charge in [0.15, 0.2) is 0 Å². The zero-order chi connectivity index (χ0) is 14.5. The summed E-state index contributed by atoms with van der Waals surface area (Å²) in [4.78, 5) is 16.8. The second kappa shape index (κ2) is 6.73. The van der Waals surface area contributed by atoms with Crippen LogP contribution in [0.2, 0.25) is 0 Å². The predicted molar refractivity (Wildman–Crippen MR) is 82.0 cm³/mol. The number of carbonyl (C=O) groups excluding carboxylic acids is 1. The Bertz CT molecular complexity index is 449. The average Bonchev–Trinajstić information content (AvgIpc) is 3.12. The maximum absolute atomic E-state index is 12.2. The first-order valence-electron chi connectivity index (χ1n) is 7.67. The van der Waals surface area contributed by atoms with Crippen molar-refractivity contribution in [3.63, 3.8) is 0 Å². The van der Waals surface area contributed by atoms with Crippen LogP contribution in [0.5, 0.6) is 0 Å². The summed E-state index contributed by atoms with van der Waals surface area (Å²) in [7, 11) is 0. The highest BCUT2D eigenvalue weighted by molar-refractivity contribution is 5.95. The molecule has 4 nitrogen and oxygen atoms in total. The van der Waals surface area contributed by atoms with Gasteiger partial charge in [0.2, 0.25) is 0 Å². The molecule has 1 amide bonds. The first-order valence-corrected chi connectivity index (χ1v) is 7.67. The zero-order valence-electron chi connectivity index (χ0n) is 12.7. The fourth-order valence-corrected chi connectivity index (χ4v) is 2.38. The van der Waals surface area contributed by atoms with E-state index < -0.39 is 0 Å². The van der Waals surface area contributed by atoms with E-state index in [4.69, 9.17) is 0 Å². The van der Waals surface area contributed by atoms with Gasteiger partial charge in [-0.1, -0.05) is 20.3 Å². The van der Waals surface area contributed by atoms with Crippen LogP contribution in [0.4, 0.5) is 5.82 Å². The minimum atomic E-state index is 0.0167. The summed E-state index contributed by atoms with van der Waals surface area (Å²) in [5.74, 6) is 2.25. The molecule has 2 atom stereocenters. The number of aryl methyl sites for hydroxylation is 1. The van der Waals surface area contributed by atoms with Crippen LogP contribution >= 0.6 is 0 Å². The van der Waals surface area contributed by atoms with Gasteiger partial charge in [-0.05, 0) is 43.7 Å². The van der Waals surface area contributed by atoms with Crippen LogP contribution in [0.15, 0.2) is 12.1 Å². The molecule has 1 aliphatic rings. The van der Waals surface area contributed by atoms with E-state index in [0.717, 1.165) is 43.4 Å². The van der Waals surface area contributed by atoms with Crippen LogP contribution < -0.4 is 10.6 Å². The molecule has 0 spiro atoms. The van der Waals surface area contributed by atoms with Crippen molar-refractivity contribution in [2.24, 2.45) is 11.8 Å². The van der Waals surface area contributed by atoms with E-state index in [1.165, 1.54) is 6.42 Å². The Morgan fingerprint density at radius 1 is 1.40 bits per heavy atom. The summed E-state index contributed by atoms with van der Waals surface area (Å²) in [6, 6.07) is 3.75. The Labute approximate surface area is 121 Å². The van der Waals surface area contributed by atoms with Gasteiger partial charge in [-0.25, -0.2) is 4.98 Å². The fourth-order valence-electron chi connectivity index (χ4n) is 2.38. The molecule has 1 aliphatic carbocycles. The van der Waals surface area contributed by atoms with Gasteiger partial charge in [0, 0.05) is 24.3 Å². The number of pyridine rings is 1. The molecule has 2 N–H and O–H groups in total. The number of rotatable bonds is 7. The van der Waals surface area contributed by atoms with Crippen molar-refractivity contribution >= 4 is 11.7 Å². The van der Waals surface area contributed by atoms with Gasteiger partial charge in [0.25, 0.3) is 5.91 Å². The number of hydrogen-bond acceptors (Lipinski definition) is 3. The maximum atomic E-state index is 12.2. The van der Waals surface area contributed by atoms with Crippen molar-refractivity contribution < 1.29 is 4.79 Å². The molecule has 2 rings (SSSR count). The molecule has 0 aliphatic heterocycles. The van der Waals surface area contributed by atoms with Gasteiger partial charge in [0.1, 0.15) is 5.82 Å². The summed E-state index contributed by atoms with van der Waals surface area (Å²) >= 11 is 0. The molecule has 1 aromatic rings. The van der Waals surface area contributed by atoms with Gasteiger partial charge in [-0.2, -0.15) is 0 Å². The monoisotopic (exact) mass is 275 g/mol. The van der Waals surface area contributed by atoms with Crippen LogP contribution in [0.1, 0.15) is 49.7 Å². The molecule has 4 heteroatoms. The third-order valence-corrected chi connectivity index (χ3v) is 3.81. The van der Waals surface area contributed by atoms with Gasteiger partial charge < -0.3 is 10.6 Å². The van der Waals surface area contributed by atoms with E-state index in [1.807, 2.05) is 19.1 Å². The Morgan fingerprint density at radius 3 is 2.75 bits per heavy atom. The lowest BCUT2D eigenvalue weighted by Gasteiger charge is -2.10. The molecule has 2 unspecified atom stereocenters. The van der Waals surface area contributed by atoms with Crippen LogP contribution in [0, 0.1) is 11.8 Å². The molecule has 20 heavy (non-hydrogen) atoms. The molecule has 1 aromatic heterocycles. The first-order chi connectivity index (χ1) is 9.63. The highest BCUT2D eigenvalue weighted by atomic mass is 16.1. The number of anilines is 1. The van der Waals surface area contributed by atoms with Crippen molar-refractivity contribution in [3.05, 3.63) is 23.4 Å². The predicted octanol–water partition coefficient (Wildman–Crippen LogP) is 2.85. The Morgan fingerprint density at radius 2 is 2.15 bits per heavy atom. The molecule has 1 fully saturated rings. The maximum Gasteiger partial charge on any atom is 0.251 e. The molecule has 0 saturated heterocycles. The average molecular weight is 275 g/mol. The third kappa shape index (κ3) is 3.95. The van der Waals surface area contributed by atoms with Gasteiger partial charge in [-0.15, -0.1) is 0 Å². The molecule has 0 aromatic carbocycles. The quantitative estimate of drug-likeness (QED) is 0.804. The minimum Gasteiger partial charge on any atom is -0.370 e. The second-order valence-corrected chi connectivity index (χ2v) is 5.70. The standard InChI is InChI=1S/C16H25N3O/c1-4-6-14-8-12(9-15(19-14)17-5-2)16(20)18-10-13-7-11(13)3/h8-9,11,13H,4-7,10H2,1-3H3,(H,17,19)(H,18,20). The van der Waals surface area contributed by atoms with Crippen molar-refractivity contribution in [1.82, 2.24) is 10.3 Å². The summed E-state index contributed by atoms with van der Waals surface area (Å²) in [5.41, 5.74) is 1.70. The van der Waals surface area contributed by atoms with Crippen molar-refractivity contribution in [3.8, 4) is 0 Å². The highest BCUT2D eigenvalue weighted by Crippen LogP contribution is 2.36. The number of amides is 1. The van der Waals surface area contributed by atoms with E-state index in [9.17, 15) is 4.79 Å². The lowest BCUT2D eigenvalue weighted by Crippen LogP contribution is -2.26. The van der Waals surface area contributed by atoms with Crippen LogP contribution in [-0.2, 0) is 6.42 Å². The number of nitrogens with one attached hydrogen (secondary N) is 2. The van der Waals surface area contributed by atoms with E-state index in [0.29, 0.717) is 11.5 Å². The molecular weight excluding hydrogens is 250 g/mol. The van der Waals surface area contributed by atoms with Crippen LogP contribution in [0.25, 0.3) is 0 Å². The molecule has 110 valence electrons. The second-order valence-electron chi connectivity index (χ2n) is 5.70. The molecule has 0 bridgehead atoms. The number of hydrogen-bond donors (Lipinski definition) is 2. The summed E-state index contributed by atoms with van der Waals surface area (Å²) in [6.45, 7) is 7.98. The van der Waals surface area contributed by atoms with E-state index in [-0.39, 0.29) is 5.91 Å². The molecule has 0 radical (unpaired) electrons. The normalized spacial score (nSPS) is 20.6. The minimum absolute atomic E-state index is 0.0167. The van der Waals surface area contributed by atoms with E-state index in [1.54, 1.807) is 0 Å². The zero-order valence-corrected chi connectivity index (χ0v) is 12.7. The summed E-state index contributed by atoms with van der Waals surface area (Å²) in [5, 5.41) is 6.23. The van der Waals surface area contributed by atoms with Gasteiger partial charge in [-0.3, -0.25) is 4.79 Å². The molecule has 1 saturated carbocycles. The van der Waals surface area contributed by atoms with Crippen molar-refractivity contribution in [2.75, 3.05) is 18.4 Å². The largest absolute Gasteiger partial charge is 0.370 e. The van der Waals surface area contributed by atoms with E-state index in [2.05, 4.69) is 29.5 Å². The lowest BCUT2D eigenvalue weighted by molar-refractivity contribution is 0.0951. The fraction of sp³-hybridized carbons (Fsp3) is 0.625. The Hall–Kier alpha value is -1.58. The SMILES string of the molecule is CCCc1cc(C(=O)NCC2CC2C)cc(NCC)n1. The van der Waals surface area contributed by atoms with Crippen LogP contribution in [-0.4, -0.2) is 24.0 Å². The first kappa shape index (κ1) is 14.8. The molecule has 1 heterocycles. The van der Waals surface area contributed by atoms with E-state index >= 15 is 0 Å². The van der Waals surface area contributed by atoms with Crippen molar-refractivity contribution in [1.29, 1.82) is 0 Å². The number of aromatic nitrogens is 1. The molecular formula is C16H25N3O. The summed E-state index contributed by atoms with van der Waals surface area (Å²) < 4.78 is 0. The van der Waals surface area contributed by atoms with Gasteiger partial charge in [0.05, 0.1) is 0 Å². The Balaban J connectivity index is 2.05.